The highest BCUT2D eigenvalue weighted by Crippen LogP contribution is 2.32. The monoisotopic (exact) mass is 1420 g/mol. The second-order valence-electron chi connectivity index (χ2n) is 28.4. The second-order valence-corrected chi connectivity index (χ2v) is 28.4. The Morgan fingerprint density at radius 3 is 0.918 bits per heavy atom. The van der Waals surface area contributed by atoms with Crippen LogP contribution >= 0.6 is 0 Å². The summed E-state index contributed by atoms with van der Waals surface area (Å²) in [5, 5.41) is 167. The fraction of sp³-hybridized carbons (Fsp3) is 0.971. The van der Waals surface area contributed by atoms with Crippen molar-refractivity contribution in [3.05, 3.63) is 0 Å². The molecular weight excluding hydrogens is 1290 g/mol. The van der Waals surface area contributed by atoms with Gasteiger partial charge in [0.25, 0.3) is 0 Å². The number of hydrogen-bond acceptors (Lipinski definition) is 28. The third kappa shape index (κ3) is 31.0. The van der Waals surface area contributed by atoms with Gasteiger partial charge in [0, 0.05) is 0 Å². The van der Waals surface area contributed by atoms with Gasteiger partial charge in [-0.2, -0.15) is 0 Å². The Labute approximate surface area is 579 Å². The van der Waals surface area contributed by atoms with E-state index in [1.807, 2.05) is 0 Å². The van der Waals surface area contributed by atoms with Gasteiger partial charge in [0.15, 0.2) is 25.2 Å². The number of esters is 2. The lowest BCUT2D eigenvalue weighted by Crippen LogP contribution is -2.60. The van der Waals surface area contributed by atoms with Crippen LogP contribution in [0.2, 0.25) is 0 Å². The molecule has 28 nitrogen and oxygen atoms in total. The van der Waals surface area contributed by atoms with E-state index in [1.165, 1.54) is 0 Å². The molecule has 16 N–H and O–H groups in total. The summed E-state index contributed by atoms with van der Waals surface area (Å²) < 4.78 is 58.9. The molecule has 5 fully saturated rings. The van der Waals surface area contributed by atoms with Crippen molar-refractivity contribution in [2.24, 2.45) is 0 Å². The van der Waals surface area contributed by atoms with Gasteiger partial charge in [-0.1, -0.05) is 167 Å². The highest BCUT2D eigenvalue weighted by Gasteiger charge is 2.49. The van der Waals surface area contributed by atoms with Crippen molar-refractivity contribution in [3.8, 4) is 0 Å². The summed E-state index contributed by atoms with van der Waals surface area (Å²) in [5.74, 6) is -1.56. The lowest BCUT2D eigenvalue weighted by Gasteiger charge is -2.42. The Hall–Kier alpha value is -2.02. The molecule has 0 aromatic carbocycles. The number of hydrogen-bond donors (Lipinski definition) is 16. The van der Waals surface area contributed by atoms with Crippen LogP contribution in [-0.4, -0.2) is 280 Å². The Bertz CT molecular complexity index is 2060. The molecule has 0 amide bonds. The van der Waals surface area contributed by atoms with E-state index in [1.54, 1.807) is 13.8 Å². The fourth-order valence-electron chi connectivity index (χ4n) is 13.6. The molecule has 0 spiro atoms. The van der Waals surface area contributed by atoms with Crippen LogP contribution in [0.1, 0.15) is 245 Å². The van der Waals surface area contributed by atoms with Gasteiger partial charge in [-0.25, -0.2) is 0 Å². The van der Waals surface area contributed by atoms with E-state index in [0.717, 1.165) is 154 Å². The summed E-state index contributed by atoms with van der Waals surface area (Å²) in [5.41, 5.74) is 0. The smallest absolute Gasteiger partial charge is 0.308 e. The second kappa shape index (κ2) is 48.2. The van der Waals surface area contributed by atoms with Crippen molar-refractivity contribution in [3.63, 3.8) is 0 Å². The van der Waals surface area contributed by atoms with Crippen LogP contribution in [0.25, 0.3) is 0 Å². The molecule has 0 saturated carbocycles. The Morgan fingerprint density at radius 2 is 0.612 bits per heavy atom. The summed E-state index contributed by atoms with van der Waals surface area (Å²) in [4.78, 5) is 27.1. The summed E-state index contributed by atoms with van der Waals surface area (Å²) in [6.45, 7) is 1.32. The molecule has 5 saturated heterocycles. The lowest BCUT2D eigenvalue weighted by atomic mass is 9.98. The zero-order valence-electron chi connectivity index (χ0n) is 58.3. The van der Waals surface area contributed by atoms with Crippen LogP contribution in [0.15, 0.2) is 0 Å². The minimum atomic E-state index is -1.77. The zero-order valence-corrected chi connectivity index (χ0v) is 58.3. The fourth-order valence-corrected chi connectivity index (χ4v) is 13.6. The van der Waals surface area contributed by atoms with Gasteiger partial charge in [-0.15, -0.1) is 0 Å². The van der Waals surface area contributed by atoms with Crippen molar-refractivity contribution < 1.29 is 139 Å². The molecule has 0 aliphatic carbocycles. The number of rotatable bonds is 44. The molecule has 576 valence electrons. The number of unbranched alkanes of at least 4 members (excludes halogenated alkanes) is 22. The molecule has 4 bridgehead atoms. The van der Waals surface area contributed by atoms with Crippen molar-refractivity contribution >= 4 is 11.9 Å². The van der Waals surface area contributed by atoms with Crippen LogP contribution in [0.4, 0.5) is 0 Å². The molecule has 5 aliphatic rings. The highest BCUT2D eigenvalue weighted by atomic mass is 16.7. The van der Waals surface area contributed by atoms with Crippen LogP contribution in [0.5, 0.6) is 0 Å². The molecule has 5 aliphatic heterocycles. The van der Waals surface area contributed by atoms with E-state index < -0.39 is 173 Å². The molecule has 6 unspecified atom stereocenters. The first-order valence-electron chi connectivity index (χ1n) is 37.3. The van der Waals surface area contributed by atoms with Crippen LogP contribution in [0, 0.1) is 0 Å². The molecule has 5 rings (SSSR count). The van der Waals surface area contributed by atoms with Gasteiger partial charge in [-0.3, -0.25) is 9.59 Å². The third-order valence-electron chi connectivity index (χ3n) is 19.8. The lowest BCUT2D eigenvalue weighted by molar-refractivity contribution is -0.316. The third-order valence-corrected chi connectivity index (χ3v) is 19.8. The molecule has 26 atom stereocenters. The van der Waals surface area contributed by atoms with E-state index in [0.29, 0.717) is 57.8 Å². The summed E-state index contributed by atoms with van der Waals surface area (Å²) in [6, 6.07) is 0. The average molecular weight is 1420 g/mol. The summed E-state index contributed by atoms with van der Waals surface area (Å²) in [7, 11) is 0. The first kappa shape index (κ1) is 86.6. The predicted molar refractivity (Wildman–Crippen MR) is 352 cm³/mol. The number of carbonyl (C=O) groups is 2. The normalized spacial score (nSPS) is 35.2. The zero-order chi connectivity index (χ0) is 71.5. The molecular formula is C70H128O28. The van der Waals surface area contributed by atoms with Crippen LogP contribution < -0.4 is 0 Å². The largest absolute Gasteiger partial charge is 0.463 e. The van der Waals surface area contributed by atoms with Crippen molar-refractivity contribution in [2.75, 3.05) is 26.4 Å². The van der Waals surface area contributed by atoms with E-state index in [4.69, 9.17) is 47.4 Å². The molecule has 0 radical (unpaired) electrons. The van der Waals surface area contributed by atoms with Gasteiger partial charge in [-0.05, 0) is 65.2 Å². The van der Waals surface area contributed by atoms with Gasteiger partial charge < -0.3 is 129 Å². The molecule has 98 heavy (non-hydrogen) atoms. The Kier molecular flexibility index (Phi) is 42.6. The van der Waals surface area contributed by atoms with Crippen LogP contribution in [0.3, 0.4) is 0 Å². The van der Waals surface area contributed by atoms with Crippen molar-refractivity contribution in [2.45, 2.75) is 404 Å². The van der Waals surface area contributed by atoms with E-state index >= 15 is 0 Å². The predicted octanol–water partition coefficient (Wildman–Crippen LogP) is 2.65. The average Bonchev–Trinajstić information content (AvgIpc) is 0.825. The molecule has 0 aromatic heterocycles. The number of carbonyl (C=O) groups excluding carboxylic acids is 2. The van der Waals surface area contributed by atoms with E-state index in [-0.39, 0.29) is 43.7 Å². The van der Waals surface area contributed by atoms with Crippen LogP contribution in [-0.2, 0) is 57.0 Å². The first-order chi connectivity index (χ1) is 47.0. The molecule has 0 aromatic rings. The van der Waals surface area contributed by atoms with Crippen molar-refractivity contribution in [1.82, 2.24) is 0 Å². The maximum atomic E-state index is 13.5. The van der Waals surface area contributed by atoms with E-state index in [2.05, 4.69) is 0 Å². The topological polar surface area (TPSA) is 450 Å². The quantitative estimate of drug-likeness (QED) is 0.0308. The molecule has 28 heteroatoms. The minimum Gasteiger partial charge on any atom is -0.463 e. The van der Waals surface area contributed by atoms with Gasteiger partial charge in [0.05, 0.1) is 62.7 Å². The SMILES string of the molecule is CC(O)CCCCCC(CCCCCCCCCCCCCC1CC(=O)OC[C@H]2O[C@@H](OC(CCCCCCCCCCCC(CCCCCC(C)O)O[C@@H]3O[C@H](CO)[C@@H](O)[C@H](O)[C@H]3O)CC(=O)OC[C@@H]3O[C@H](O1)[C@@H](O)[C@H](O)[C@H]3O)[C@H](O)[C@@H](O)[C@@H]2O)O[C@@H]1O[C@H](CO)[C@@H](O)[C@H](O)[C@H]1O. The standard InChI is InChI=1S/C70H128O28/c1-43(73)29-21-19-27-33-45(91-67-63(85)59(81)55(77)49(39-71)95-67)31-23-15-11-7-4-3-5-8-13-17-25-35-47-37-53(75)89-41-52-58(80)62(84)66(88)70(98-52)94-48(38-54(76)90-42-51-57(79)61(83)65(87)69(93-47)97-51)36-26-18-14-10-6-9-12-16-24-32-46(34-28-20-22-30-44(2)74)92-68-64(86)60(82)56(78)50(40-72)96-68/h43-52,55-74,77-88H,3-42H2,1-2H3/t43?,44?,45?,46?,47?,48?,49-,50-,51+,52-,55-,56-,57+,58-,59+,60+,61-,62+,63-,64-,65+,66-,67-,68-,69+,70-/m1/s1. The highest BCUT2D eigenvalue weighted by molar-refractivity contribution is 5.70. The van der Waals surface area contributed by atoms with E-state index in [9.17, 15) is 91.3 Å². The Balaban J connectivity index is 1.03. The Morgan fingerprint density at radius 1 is 0.337 bits per heavy atom. The number of aliphatic hydroxyl groups excluding tert-OH is 16. The maximum absolute atomic E-state index is 13.5. The number of ether oxygens (including phenoxy) is 10. The van der Waals surface area contributed by atoms with Gasteiger partial charge in [0.2, 0.25) is 0 Å². The van der Waals surface area contributed by atoms with Gasteiger partial charge >= 0.3 is 11.9 Å². The first-order valence-corrected chi connectivity index (χ1v) is 37.3. The number of fused-ring (bicyclic) bond motifs is 4. The summed E-state index contributed by atoms with van der Waals surface area (Å²) >= 11 is 0. The molecule has 5 heterocycles. The van der Waals surface area contributed by atoms with Crippen molar-refractivity contribution in [1.29, 1.82) is 0 Å². The summed E-state index contributed by atoms with van der Waals surface area (Å²) in [6.07, 6.45) is -5.60. The number of cyclic esters (lactones) is 2. The number of aliphatic hydroxyl groups is 16. The van der Waals surface area contributed by atoms with Gasteiger partial charge in [0.1, 0.15) is 111 Å². The minimum absolute atomic E-state index is 0.265. The maximum Gasteiger partial charge on any atom is 0.308 e.